The average Bonchev–Trinajstić information content (AvgIpc) is 2.62. The van der Waals surface area contributed by atoms with Crippen LogP contribution in [0.2, 0.25) is 0 Å². The van der Waals surface area contributed by atoms with Crippen LogP contribution in [0.3, 0.4) is 0 Å². The normalized spacial score (nSPS) is 30.0. The highest BCUT2D eigenvalue weighted by atomic mass is 16.6. The van der Waals surface area contributed by atoms with Crippen molar-refractivity contribution in [1.82, 2.24) is 0 Å². The maximum atomic E-state index is 11.9. The Morgan fingerprint density at radius 3 is 2.76 bits per heavy atom. The van der Waals surface area contributed by atoms with Crippen molar-refractivity contribution in [3.63, 3.8) is 0 Å². The lowest BCUT2D eigenvalue weighted by Gasteiger charge is -2.26. The lowest BCUT2D eigenvalue weighted by Crippen LogP contribution is -2.32. The lowest BCUT2D eigenvalue weighted by molar-refractivity contribution is -0.149. The molecular weight excluding hydrogens is 268 g/mol. The fourth-order valence-corrected chi connectivity index (χ4v) is 2.95. The van der Waals surface area contributed by atoms with Gasteiger partial charge in [0.05, 0.1) is 5.92 Å². The topological polar surface area (TPSA) is 52.6 Å². The molecule has 0 aromatic rings. The van der Waals surface area contributed by atoms with Crippen LogP contribution >= 0.6 is 0 Å². The molecular formula is C17H22O4. The van der Waals surface area contributed by atoms with Gasteiger partial charge in [0.25, 0.3) is 0 Å². The number of allylic oxidation sites excluding steroid dienone is 2. The van der Waals surface area contributed by atoms with Crippen molar-refractivity contribution in [2.24, 2.45) is 5.92 Å². The number of carbonyl (C=O) groups excluding carboxylic acids is 2. The van der Waals surface area contributed by atoms with E-state index in [9.17, 15) is 9.59 Å². The summed E-state index contributed by atoms with van der Waals surface area (Å²) in [6.45, 7) is 9.27. The average molecular weight is 290 g/mol. The van der Waals surface area contributed by atoms with Crippen LogP contribution in [0.5, 0.6) is 0 Å². The Labute approximate surface area is 125 Å². The third-order valence-electron chi connectivity index (χ3n) is 3.98. The van der Waals surface area contributed by atoms with Gasteiger partial charge < -0.3 is 9.47 Å². The predicted molar refractivity (Wildman–Crippen MR) is 79.4 cm³/mol. The molecule has 1 heterocycles. The molecule has 4 nitrogen and oxygen atoms in total. The van der Waals surface area contributed by atoms with Gasteiger partial charge in [0.1, 0.15) is 12.2 Å². The van der Waals surface area contributed by atoms with Crippen LogP contribution < -0.4 is 0 Å². The van der Waals surface area contributed by atoms with Crippen molar-refractivity contribution >= 4 is 11.9 Å². The van der Waals surface area contributed by atoms with Gasteiger partial charge in [0.15, 0.2) is 0 Å². The maximum absolute atomic E-state index is 11.9. The molecule has 0 aromatic carbocycles. The summed E-state index contributed by atoms with van der Waals surface area (Å²) in [5.74, 6) is -1.05. The van der Waals surface area contributed by atoms with E-state index in [0.717, 1.165) is 18.4 Å². The van der Waals surface area contributed by atoms with Crippen molar-refractivity contribution in [3.05, 3.63) is 35.5 Å². The fraction of sp³-hybridized carbons (Fsp3) is 0.529. The first-order chi connectivity index (χ1) is 9.88. The van der Waals surface area contributed by atoms with E-state index in [4.69, 9.17) is 9.47 Å². The van der Waals surface area contributed by atoms with Crippen LogP contribution in [0.4, 0.5) is 0 Å². The van der Waals surface area contributed by atoms with Gasteiger partial charge in [-0.1, -0.05) is 23.8 Å². The van der Waals surface area contributed by atoms with Crippen molar-refractivity contribution in [3.8, 4) is 0 Å². The van der Waals surface area contributed by atoms with E-state index in [-0.39, 0.29) is 18.0 Å². The quantitative estimate of drug-likeness (QED) is 0.423. The molecule has 1 aliphatic carbocycles. The lowest BCUT2D eigenvalue weighted by atomic mass is 9.85. The molecule has 0 spiro atoms. The second-order valence-corrected chi connectivity index (χ2v) is 5.88. The van der Waals surface area contributed by atoms with Crippen molar-refractivity contribution in [1.29, 1.82) is 0 Å². The molecule has 0 N–H and O–H groups in total. The maximum Gasteiger partial charge on any atom is 0.334 e. The first-order valence-corrected chi connectivity index (χ1v) is 7.28. The van der Waals surface area contributed by atoms with Gasteiger partial charge in [-0.05, 0) is 32.8 Å². The second kappa shape index (κ2) is 6.29. The van der Waals surface area contributed by atoms with E-state index in [0.29, 0.717) is 12.0 Å². The summed E-state index contributed by atoms with van der Waals surface area (Å²) in [5.41, 5.74) is 2.71. The highest BCUT2D eigenvalue weighted by Gasteiger charge is 2.44. The predicted octanol–water partition coefficient (Wildman–Crippen LogP) is 3.09. The second-order valence-electron chi connectivity index (χ2n) is 5.88. The molecule has 114 valence electrons. The van der Waals surface area contributed by atoms with Crippen LogP contribution in [-0.2, 0) is 19.1 Å². The Hall–Kier alpha value is -1.84. The number of fused-ring (bicyclic) bond motifs is 1. The highest BCUT2D eigenvalue weighted by Crippen LogP contribution is 2.36. The molecule has 1 aliphatic heterocycles. The number of hydrogen-bond acceptors (Lipinski definition) is 4. The van der Waals surface area contributed by atoms with Gasteiger partial charge in [-0.2, -0.15) is 0 Å². The Morgan fingerprint density at radius 1 is 1.38 bits per heavy atom. The van der Waals surface area contributed by atoms with Crippen LogP contribution in [-0.4, -0.2) is 24.1 Å². The summed E-state index contributed by atoms with van der Waals surface area (Å²) in [7, 11) is 0. The van der Waals surface area contributed by atoms with E-state index in [1.165, 1.54) is 12.5 Å². The zero-order valence-corrected chi connectivity index (χ0v) is 12.8. The molecule has 2 aliphatic rings. The minimum Gasteiger partial charge on any atom is -0.461 e. The summed E-state index contributed by atoms with van der Waals surface area (Å²) in [5, 5.41) is 0. The molecule has 0 unspecified atom stereocenters. The van der Waals surface area contributed by atoms with Gasteiger partial charge in [0, 0.05) is 18.9 Å². The third kappa shape index (κ3) is 3.63. The Kier molecular flexibility index (Phi) is 4.66. The molecule has 0 aromatic heterocycles. The van der Waals surface area contributed by atoms with E-state index < -0.39 is 12.1 Å². The van der Waals surface area contributed by atoms with E-state index in [2.05, 4.69) is 12.7 Å². The van der Waals surface area contributed by atoms with Crippen molar-refractivity contribution in [2.75, 3.05) is 0 Å². The van der Waals surface area contributed by atoms with Crippen LogP contribution in [0, 0.1) is 5.92 Å². The monoisotopic (exact) mass is 290 g/mol. The molecule has 0 amide bonds. The molecule has 1 saturated heterocycles. The van der Waals surface area contributed by atoms with E-state index in [1.54, 1.807) is 0 Å². The minimum atomic E-state index is -0.412. The molecule has 0 saturated carbocycles. The Bertz CT molecular complexity index is 527. The summed E-state index contributed by atoms with van der Waals surface area (Å²) >= 11 is 0. The SMILES string of the molecule is C=C1C(=O)O[C@@H]2C=C(C)CCC=C(C)C[C@@H](OC(C)=O)[C@@H]12. The number of carbonyl (C=O) groups is 2. The third-order valence-corrected chi connectivity index (χ3v) is 3.98. The first kappa shape index (κ1) is 15.5. The highest BCUT2D eigenvalue weighted by molar-refractivity contribution is 5.91. The Morgan fingerprint density at radius 2 is 2.10 bits per heavy atom. The smallest absolute Gasteiger partial charge is 0.334 e. The number of rotatable bonds is 1. The number of esters is 2. The summed E-state index contributed by atoms with van der Waals surface area (Å²) in [6.07, 6.45) is 5.80. The van der Waals surface area contributed by atoms with Gasteiger partial charge >= 0.3 is 11.9 Å². The molecule has 4 heteroatoms. The molecule has 3 atom stereocenters. The van der Waals surface area contributed by atoms with Crippen LogP contribution in [0.1, 0.15) is 40.0 Å². The summed E-state index contributed by atoms with van der Waals surface area (Å²) < 4.78 is 10.9. The minimum absolute atomic E-state index is 0.308. The zero-order chi connectivity index (χ0) is 15.6. The van der Waals surface area contributed by atoms with Crippen molar-refractivity contribution < 1.29 is 19.1 Å². The van der Waals surface area contributed by atoms with Gasteiger partial charge in [0.2, 0.25) is 0 Å². The number of hydrogen-bond donors (Lipinski definition) is 0. The first-order valence-electron chi connectivity index (χ1n) is 7.28. The number of ether oxygens (including phenoxy) is 2. The molecule has 2 rings (SSSR count). The fourth-order valence-electron chi connectivity index (χ4n) is 2.95. The zero-order valence-electron chi connectivity index (χ0n) is 12.8. The van der Waals surface area contributed by atoms with Gasteiger partial charge in [-0.3, -0.25) is 4.79 Å². The molecule has 21 heavy (non-hydrogen) atoms. The van der Waals surface area contributed by atoms with Crippen LogP contribution in [0.15, 0.2) is 35.5 Å². The molecule has 0 bridgehead atoms. The van der Waals surface area contributed by atoms with Crippen molar-refractivity contribution in [2.45, 2.75) is 52.2 Å². The van der Waals surface area contributed by atoms with E-state index in [1.807, 2.05) is 19.9 Å². The summed E-state index contributed by atoms with van der Waals surface area (Å²) in [6, 6.07) is 0. The largest absolute Gasteiger partial charge is 0.461 e. The van der Waals surface area contributed by atoms with E-state index >= 15 is 0 Å². The molecule has 1 fully saturated rings. The Balaban J connectivity index is 2.39. The van der Waals surface area contributed by atoms with Gasteiger partial charge in [-0.25, -0.2) is 4.79 Å². The standard InChI is InChI=1S/C17H22O4/c1-10-6-5-7-11(2)9-15-16(12(3)17(19)21-15)14(8-10)20-13(4)18/h6,9,14-16H,3,5,7-8H2,1-2,4H3/t14-,15-,16-/m1/s1. The van der Waals surface area contributed by atoms with Gasteiger partial charge in [-0.15, -0.1) is 0 Å². The van der Waals surface area contributed by atoms with Crippen LogP contribution in [0.25, 0.3) is 0 Å². The summed E-state index contributed by atoms with van der Waals surface area (Å²) in [4.78, 5) is 23.2. The molecule has 0 radical (unpaired) electrons.